The molecule has 24 heavy (non-hydrogen) atoms. The van der Waals surface area contributed by atoms with Crippen molar-refractivity contribution in [2.75, 3.05) is 18.4 Å². The number of thiazole rings is 1. The van der Waals surface area contributed by atoms with Crippen LogP contribution in [0.2, 0.25) is 0 Å². The summed E-state index contributed by atoms with van der Waals surface area (Å²) in [5, 5.41) is 4.32. The van der Waals surface area contributed by atoms with Crippen molar-refractivity contribution in [3.8, 4) is 0 Å². The lowest BCUT2D eigenvalue weighted by molar-refractivity contribution is 0.0114. The predicted molar refractivity (Wildman–Crippen MR) is 98.7 cm³/mol. The molecule has 6 heteroatoms. The molecule has 0 spiro atoms. The zero-order valence-electron chi connectivity index (χ0n) is 14.5. The van der Waals surface area contributed by atoms with E-state index in [4.69, 9.17) is 4.74 Å². The van der Waals surface area contributed by atoms with Gasteiger partial charge in [0.25, 0.3) is 0 Å². The van der Waals surface area contributed by atoms with Crippen molar-refractivity contribution in [1.29, 1.82) is 0 Å². The van der Waals surface area contributed by atoms with E-state index in [0.29, 0.717) is 6.54 Å². The largest absolute Gasteiger partial charge is 0.444 e. The Morgan fingerprint density at radius 3 is 2.92 bits per heavy atom. The minimum Gasteiger partial charge on any atom is -0.444 e. The second-order valence-electron chi connectivity index (χ2n) is 7.19. The van der Waals surface area contributed by atoms with Crippen LogP contribution in [-0.4, -0.2) is 40.7 Å². The highest BCUT2D eigenvalue weighted by atomic mass is 32.1. The van der Waals surface area contributed by atoms with Gasteiger partial charge in [-0.2, -0.15) is 0 Å². The third-order valence-corrected chi connectivity index (χ3v) is 5.03. The number of nitrogens with one attached hydrogen (secondary N) is 1. The first kappa shape index (κ1) is 17.0. The summed E-state index contributed by atoms with van der Waals surface area (Å²) in [4.78, 5) is 18.9. The summed E-state index contributed by atoms with van der Waals surface area (Å²) in [6, 6.07) is 8.27. The number of fused-ring (bicyclic) bond motifs is 1. The summed E-state index contributed by atoms with van der Waals surface area (Å²) in [5.41, 5.74) is 0.553. The summed E-state index contributed by atoms with van der Waals surface area (Å²) in [5.74, 6) is 0. The number of carbonyl (C=O) groups excluding carboxylic acids is 1. The summed E-state index contributed by atoms with van der Waals surface area (Å²) in [6.07, 6.45) is 2.97. The average Bonchev–Trinajstić information content (AvgIpc) is 2.94. The van der Waals surface area contributed by atoms with Crippen molar-refractivity contribution in [2.24, 2.45) is 0 Å². The predicted octanol–water partition coefficient (Wildman–Crippen LogP) is 4.50. The zero-order chi connectivity index (χ0) is 17.2. The maximum absolute atomic E-state index is 12.4. The van der Waals surface area contributed by atoms with Crippen molar-refractivity contribution in [1.82, 2.24) is 9.88 Å². The van der Waals surface area contributed by atoms with E-state index in [0.717, 1.165) is 36.5 Å². The molecular formula is C18H25N3O2S. The summed E-state index contributed by atoms with van der Waals surface area (Å²) >= 11 is 1.65. The number of carbonyl (C=O) groups is 1. The molecule has 3 rings (SSSR count). The van der Waals surface area contributed by atoms with Crippen molar-refractivity contribution >= 4 is 32.8 Å². The molecule has 0 radical (unpaired) electrons. The number of hydrogen-bond acceptors (Lipinski definition) is 5. The average molecular weight is 347 g/mol. The Morgan fingerprint density at radius 1 is 1.38 bits per heavy atom. The lowest BCUT2D eigenvalue weighted by atomic mass is 10.0. The van der Waals surface area contributed by atoms with Crippen LogP contribution in [0.1, 0.15) is 40.0 Å². The maximum atomic E-state index is 12.4. The third kappa shape index (κ3) is 4.17. The van der Waals surface area contributed by atoms with Crippen LogP contribution in [0.3, 0.4) is 0 Å². The summed E-state index contributed by atoms with van der Waals surface area (Å²) in [7, 11) is 0. The number of ether oxygens (including phenoxy) is 1. The number of nitrogens with zero attached hydrogens (tertiary/aromatic N) is 2. The van der Waals surface area contributed by atoms with Gasteiger partial charge in [0.15, 0.2) is 5.13 Å². The number of amides is 1. The first-order chi connectivity index (χ1) is 11.4. The Balaban J connectivity index is 1.64. The smallest absolute Gasteiger partial charge is 0.410 e. The van der Waals surface area contributed by atoms with Gasteiger partial charge in [0.2, 0.25) is 0 Å². The molecule has 1 aromatic heterocycles. The highest BCUT2D eigenvalue weighted by Gasteiger charge is 2.30. The molecule has 0 aliphatic carbocycles. The number of likely N-dealkylation sites (tertiary alicyclic amines) is 1. The van der Waals surface area contributed by atoms with Crippen molar-refractivity contribution in [3.63, 3.8) is 0 Å². The van der Waals surface area contributed by atoms with Crippen LogP contribution in [0, 0.1) is 0 Å². The molecular weight excluding hydrogens is 322 g/mol. The fourth-order valence-corrected chi connectivity index (χ4v) is 3.80. The van der Waals surface area contributed by atoms with E-state index in [1.807, 2.05) is 43.9 Å². The summed E-state index contributed by atoms with van der Waals surface area (Å²) < 4.78 is 6.73. The molecule has 2 heterocycles. The molecule has 1 saturated heterocycles. The van der Waals surface area contributed by atoms with Crippen molar-refractivity contribution in [3.05, 3.63) is 24.3 Å². The van der Waals surface area contributed by atoms with Gasteiger partial charge in [0.05, 0.1) is 16.3 Å². The van der Waals surface area contributed by atoms with E-state index in [1.165, 1.54) is 4.70 Å². The van der Waals surface area contributed by atoms with Gasteiger partial charge in [0.1, 0.15) is 5.60 Å². The SMILES string of the molecule is CC(C)(C)OC(=O)N1CCCC[C@H]1CNc1nc2ccccc2s1. The van der Waals surface area contributed by atoms with Crippen LogP contribution in [0.15, 0.2) is 24.3 Å². The second-order valence-corrected chi connectivity index (χ2v) is 8.22. The number of anilines is 1. The van der Waals surface area contributed by atoms with Crippen LogP contribution in [0.5, 0.6) is 0 Å². The standard InChI is InChI=1S/C18H25N3O2S/c1-18(2,3)23-17(22)21-11-7-6-8-13(21)12-19-16-20-14-9-4-5-10-15(14)24-16/h4-5,9-10,13H,6-8,11-12H2,1-3H3,(H,19,20)/t13-/m0/s1. The van der Waals surface area contributed by atoms with Gasteiger partial charge in [-0.3, -0.25) is 0 Å². The minimum atomic E-state index is -0.459. The monoisotopic (exact) mass is 347 g/mol. The quantitative estimate of drug-likeness (QED) is 0.888. The highest BCUT2D eigenvalue weighted by Crippen LogP contribution is 2.26. The number of benzene rings is 1. The Hall–Kier alpha value is -1.82. The molecule has 0 bridgehead atoms. The van der Waals surface area contributed by atoms with E-state index < -0.39 is 5.60 Å². The Bertz CT molecular complexity index is 675. The highest BCUT2D eigenvalue weighted by molar-refractivity contribution is 7.22. The zero-order valence-corrected chi connectivity index (χ0v) is 15.4. The number of hydrogen-bond donors (Lipinski definition) is 1. The summed E-state index contributed by atoms with van der Waals surface area (Å²) in [6.45, 7) is 7.19. The first-order valence-electron chi connectivity index (χ1n) is 8.51. The van der Waals surface area contributed by atoms with Crippen LogP contribution >= 0.6 is 11.3 Å². The number of piperidine rings is 1. The maximum Gasteiger partial charge on any atom is 0.410 e. The van der Waals surface area contributed by atoms with Gasteiger partial charge in [-0.1, -0.05) is 23.5 Å². The normalized spacial score (nSPS) is 18.6. The van der Waals surface area contributed by atoms with E-state index >= 15 is 0 Å². The molecule has 2 aromatic rings. The fourth-order valence-electron chi connectivity index (χ4n) is 2.93. The Morgan fingerprint density at radius 2 is 2.17 bits per heavy atom. The topological polar surface area (TPSA) is 54.5 Å². The fraction of sp³-hybridized carbons (Fsp3) is 0.556. The van der Waals surface area contributed by atoms with Crippen molar-refractivity contribution in [2.45, 2.75) is 51.7 Å². The molecule has 5 nitrogen and oxygen atoms in total. The molecule has 0 unspecified atom stereocenters. The Kier molecular flexibility index (Phi) is 4.94. The molecule has 130 valence electrons. The molecule has 1 atom stereocenters. The van der Waals surface area contributed by atoms with Gasteiger partial charge in [-0.25, -0.2) is 9.78 Å². The minimum absolute atomic E-state index is 0.153. The van der Waals surface area contributed by atoms with E-state index in [-0.39, 0.29) is 12.1 Å². The number of para-hydroxylation sites is 1. The lowest BCUT2D eigenvalue weighted by Gasteiger charge is -2.36. The van der Waals surface area contributed by atoms with Crippen molar-refractivity contribution < 1.29 is 9.53 Å². The van der Waals surface area contributed by atoms with Crippen LogP contribution in [-0.2, 0) is 4.74 Å². The molecule has 1 aliphatic heterocycles. The molecule has 1 aliphatic rings. The van der Waals surface area contributed by atoms with Crippen LogP contribution < -0.4 is 5.32 Å². The Labute approximate surface area is 147 Å². The van der Waals surface area contributed by atoms with E-state index in [9.17, 15) is 4.79 Å². The first-order valence-corrected chi connectivity index (χ1v) is 9.33. The third-order valence-electron chi connectivity index (χ3n) is 4.04. The van der Waals surface area contributed by atoms with Gasteiger partial charge >= 0.3 is 6.09 Å². The second kappa shape index (κ2) is 6.97. The van der Waals surface area contributed by atoms with Crippen LogP contribution in [0.25, 0.3) is 10.2 Å². The van der Waals surface area contributed by atoms with Crippen LogP contribution in [0.4, 0.5) is 9.93 Å². The molecule has 0 saturated carbocycles. The molecule has 1 fully saturated rings. The van der Waals surface area contributed by atoms with E-state index in [1.54, 1.807) is 11.3 Å². The molecule has 1 aromatic carbocycles. The van der Waals surface area contributed by atoms with Gasteiger partial charge in [-0.15, -0.1) is 0 Å². The molecule has 1 N–H and O–H groups in total. The van der Waals surface area contributed by atoms with Gasteiger partial charge in [-0.05, 0) is 52.2 Å². The molecule has 1 amide bonds. The lowest BCUT2D eigenvalue weighted by Crippen LogP contribution is -2.48. The van der Waals surface area contributed by atoms with Gasteiger partial charge in [0, 0.05) is 13.1 Å². The number of aromatic nitrogens is 1. The number of rotatable bonds is 3. The van der Waals surface area contributed by atoms with E-state index in [2.05, 4.69) is 16.4 Å². The van der Waals surface area contributed by atoms with Gasteiger partial charge < -0.3 is 15.0 Å².